The molecule has 0 aliphatic heterocycles. The molecule has 4 aliphatic rings. The summed E-state index contributed by atoms with van der Waals surface area (Å²) in [6, 6.07) is 0. The third-order valence-electron chi connectivity index (χ3n) is 10.1. The predicted molar refractivity (Wildman–Crippen MR) is 169 cm³/mol. The smallest absolute Gasteiger partial charge is 0.329 e. The van der Waals surface area contributed by atoms with Crippen LogP contribution in [0.4, 0.5) is 0 Å². The number of aldehydes is 1. The van der Waals surface area contributed by atoms with Crippen LogP contribution < -0.4 is 5.32 Å². The molecule has 0 aromatic rings. The molecule has 0 saturated heterocycles. The molecule has 2 unspecified atom stereocenters. The van der Waals surface area contributed by atoms with E-state index in [1.54, 1.807) is 0 Å². The van der Waals surface area contributed by atoms with E-state index >= 15 is 0 Å². The highest BCUT2D eigenvalue weighted by atomic mass is 16.5. The Morgan fingerprint density at radius 1 is 1.11 bits per heavy atom. The standard InChI is InChI=1S/C36H49NO7/c1-25(39)44-33-17-16-32-30-14-12-27-22-28(40)13-15-29(27)35(30)31(23-36(32,33)18-20-38)26(11-9-19-37-2)10-7-5-3-4-6-8-21-43-24-34(41)42/h7,9-11,19-20,22,30-33,37H,3-6,8,12-18,21,23-24H2,1-2H3,(H,41,42)/b10-7-,19-9+,26-11+/t30-,31+,32?,33?,36-/m0/s1. The lowest BCUT2D eigenvalue weighted by Crippen LogP contribution is -2.49. The highest BCUT2D eigenvalue weighted by Gasteiger charge is 2.60. The van der Waals surface area contributed by atoms with Gasteiger partial charge in [0.1, 0.15) is 19.0 Å². The van der Waals surface area contributed by atoms with Crippen LogP contribution in [-0.4, -0.2) is 55.5 Å². The highest BCUT2D eigenvalue weighted by Crippen LogP contribution is 2.64. The first-order valence-electron chi connectivity index (χ1n) is 16.4. The number of rotatable bonds is 16. The molecule has 8 nitrogen and oxygen atoms in total. The van der Waals surface area contributed by atoms with Crippen LogP contribution >= 0.6 is 0 Å². The number of aliphatic carboxylic acids is 1. The summed E-state index contributed by atoms with van der Waals surface area (Å²) in [5.74, 6) is -0.395. The number of carboxylic acids is 1. The van der Waals surface area contributed by atoms with Crippen molar-refractivity contribution in [2.45, 2.75) is 96.5 Å². The highest BCUT2D eigenvalue weighted by molar-refractivity contribution is 5.93. The first kappa shape index (κ1) is 33.6. The molecule has 5 atom stereocenters. The number of ether oxygens (including phenoxy) is 2. The van der Waals surface area contributed by atoms with Crippen LogP contribution in [0.2, 0.25) is 0 Å². The Morgan fingerprint density at radius 2 is 1.93 bits per heavy atom. The molecular formula is C36H49NO7. The summed E-state index contributed by atoms with van der Waals surface area (Å²) in [6.07, 6.45) is 24.0. The zero-order valence-electron chi connectivity index (χ0n) is 26.4. The van der Waals surface area contributed by atoms with Crippen LogP contribution in [0.1, 0.15) is 90.4 Å². The number of carbonyl (C=O) groups excluding carboxylic acids is 3. The number of hydrogen-bond acceptors (Lipinski definition) is 7. The number of hydrogen-bond donors (Lipinski definition) is 2. The maximum absolute atomic E-state index is 12.4. The van der Waals surface area contributed by atoms with E-state index < -0.39 is 11.4 Å². The lowest BCUT2D eigenvalue weighted by atomic mass is 9.51. The number of esters is 1. The predicted octanol–water partition coefficient (Wildman–Crippen LogP) is 6.19. The third-order valence-corrected chi connectivity index (χ3v) is 10.1. The lowest BCUT2D eigenvalue weighted by Gasteiger charge is -2.53. The second kappa shape index (κ2) is 16.2. The number of unbranched alkanes of at least 4 members (excludes halogenated alkanes) is 4. The van der Waals surface area contributed by atoms with Crippen molar-refractivity contribution in [3.05, 3.63) is 58.9 Å². The molecule has 0 radical (unpaired) electrons. The summed E-state index contributed by atoms with van der Waals surface area (Å²) in [5.41, 5.74) is 4.77. The number of carbonyl (C=O) groups is 4. The molecule has 4 rings (SSSR count). The minimum absolute atomic E-state index is 0.0587. The van der Waals surface area contributed by atoms with Gasteiger partial charge in [0.25, 0.3) is 0 Å². The Labute approximate surface area is 261 Å². The Morgan fingerprint density at radius 3 is 2.68 bits per heavy atom. The summed E-state index contributed by atoms with van der Waals surface area (Å²) < 4.78 is 11.1. The van der Waals surface area contributed by atoms with E-state index in [4.69, 9.17) is 14.6 Å². The maximum atomic E-state index is 12.4. The van der Waals surface area contributed by atoms with Gasteiger partial charge in [-0.05, 0) is 105 Å². The molecule has 0 bridgehead atoms. The summed E-state index contributed by atoms with van der Waals surface area (Å²) in [6.45, 7) is 1.68. The van der Waals surface area contributed by atoms with E-state index in [9.17, 15) is 19.2 Å². The first-order valence-corrected chi connectivity index (χ1v) is 16.4. The van der Waals surface area contributed by atoms with Gasteiger partial charge in [-0.2, -0.15) is 0 Å². The average molecular weight is 608 g/mol. The minimum Gasteiger partial charge on any atom is -0.480 e. The van der Waals surface area contributed by atoms with Crippen molar-refractivity contribution in [2.24, 2.45) is 23.2 Å². The Balaban J connectivity index is 1.62. The van der Waals surface area contributed by atoms with Gasteiger partial charge in [-0.1, -0.05) is 36.6 Å². The Bertz CT molecular complexity index is 1220. The monoisotopic (exact) mass is 607 g/mol. The van der Waals surface area contributed by atoms with Crippen LogP contribution in [0.5, 0.6) is 0 Å². The Hall–Kier alpha value is -3.26. The molecule has 0 spiro atoms. The van der Waals surface area contributed by atoms with Crippen molar-refractivity contribution in [2.75, 3.05) is 20.3 Å². The van der Waals surface area contributed by atoms with Gasteiger partial charge in [-0.3, -0.25) is 9.59 Å². The molecule has 0 amide bonds. The van der Waals surface area contributed by atoms with Crippen LogP contribution in [0.3, 0.4) is 0 Å². The van der Waals surface area contributed by atoms with Crippen molar-refractivity contribution in [1.29, 1.82) is 0 Å². The fraction of sp³-hybridized carbons (Fsp3) is 0.611. The molecule has 0 aromatic carbocycles. The lowest BCUT2D eigenvalue weighted by molar-refractivity contribution is -0.156. The van der Waals surface area contributed by atoms with Gasteiger partial charge in [0, 0.05) is 44.8 Å². The van der Waals surface area contributed by atoms with E-state index in [0.29, 0.717) is 25.4 Å². The van der Waals surface area contributed by atoms with Gasteiger partial charge in [0.05, 0.1) is 0 Å². The molecule has 4 aliphatic carbocycles. The van der Waals surface area contributed by atoms with Gasteiger partial charge in [0.15, 0.2) is 5.78 Å². The van der Waals surface area contributed by atoms with E-state index in [2.05, 4.69) is 23.5 Å². The van der Waals surface area contributed by atoms with Crippen LogP contribution in [0.25, 0.3) is 0 Å². The number of nitrogens with one attached hydrogen (secondary N) is 1. The van der Waals surface area contributed by atoms with E-state index in [-0.39, 0.29) is 36.3 Å². The quantitative estimate of drug-likeness (QED) is 0.0923. The summed E-state index contributed by atoms with van der Waals surface area (Å²) >= 11 is 0. The molecule has 0 aromatic heterocycles. The SMILES string of the molecule is CN/C=C/C=C(\C=C/CCCCCCOCC(=O)O)[C@H]1C[C@]2(CC=O)C(OC(C)=O)CCC2[C@@H]2CCC3=CC(=O)CCC3=C21. The molecule has 44 heavy (non-hydrogen) atoms. The van der Waals surface area contributed by atoms with Crippen LogP contribution in [0, 0.1) is 23.2 Å². The van der Waals surface area contributed by atoms with E-state index in [0.717, 1.165) is 76.9 Å². The van der Waals surface area contributed by atoms with Crippen molar-refractivity contribution < 1.29 is 33.8 Å². The zero-order valence-corrected chi connectivity index (χ0v) is 26.4. The van der Waals surface area contributed by atoms with Gasteiger partial charge >= 0.3 is 11.9 Å². The fourth-order valence-corrected chi connectivity index (χ4v) is 8.35. The molecular weight excluding hydrogens is 558 g/mol. The maximum Gasteiger partial charge on any atom is 0.329 e. The van der Waals surface area contributed by atoms with E-state index in [1.807, 2.05) is 25.4 Å². The average Bonchev–Trinajstić information content (AvgIpc) is 3.33. The molecule has 2 N–H and O–H groups in total. The molecule has 240 valence electrons. The van der Waals surface area contributed by atoms with Gasteiger partial charge in [0.2, 0.25) is 0 Å². The molecule has 2 saturated carbocycles. The minimum atomic E-state index is -0.940. The number of carboxylic acid groups (broad SMARTS) is 1. The first-order chi connectivity index (χ1) is 21.3. The number of fused-ring (bicyclic) bond motifs is 4. The number of allylic oxidation sites excluding steroid dienone is 9. The van der Waals surface area contributed by atoms with Gasteiger partial charge < -0.3 is 24.7 Å². The molecule has 0 heterocycles. The van der Waals surface area contributed by atoms with Gasteiger partial charge in [-0.25, -0.2) is 4.79 Å². The summed E-state index contributed by atoms with van der Waals surface area (Å²) in [4.78, 5) is 47.5. The summed E-state index contributed by atoms with van der Waals surface area (Å²) in [7, 11) is 1.87. The third kappa shape index (κ3) is 8.06. The van der Waals surface area contributed by atoms with Gasteiger partial charge in [-0.15, -0.1) is 0 Å². The second-order valence-electron chi connectivity index (χ2n) is 12.7. The largest absolute Gasteiger partial charge is 0.480 e. The summed E-state index contributed by atoms with van der Waals surface area (Å²) in [5, 5.41) is 11.8. The fourth-order valence-electron chi connectivity index (χ4n) is 8.35. The zero-order chi connectivity index (χ0) is 31.5. The number of ketones is 1. The van der Waals surface area contributed by atoms with Crippen molar-refractivity contribution in [3.8, 4) is 0 Å². The van der Waals surface area contributed by atoms with Crippen molar-refractivity contribution in [1.82, 2.24) is 5.32 Å². The normalized spacial score (nSPS) is 28.5. The molecule has 8 heteroatoms. The van der Waals surface area contributed by atoms with Crippen LogP contribution in [-0.2, 0) is 28.7 Å². The van der Waals surface area contributed by atoms with Crippen molar-refractivity contribution in [3.63, 3.8) is 0 Å². The Kier molecular flexibility index (Phi) is 12.4. The van der Waals surface area contributed by atoms with Crippen LogP contribution in [0.15, 0.2) is 58.9 Å². The molecule has 2 fully saturated rings. The topological polar surface area (TPSA) is 119 Å². The van der Waals surface area contributed by atoms with Crippen molar-refractivity contribution >= 4 is 24.0 Å². The van der Waals surface area contributed by atoms with E-state index in [1.165, 1.54) is 29.2 Å². The second-order valence-corrected chi connectivity index (χ2v) is 12.7.